The zero-order valence-electron chi connectivity index (χ0n) is 25.1. The minimum Gasteiger partial charge on any atom is -0.313 e. The summed E-state index contributed by atoms with van der Waals surface area (Å²) in [5.41, 5.74) is 2.17. The summed E-state index contributed by atoms with van der Waals surface area (Å²) in [5.74, 6) is 0.686. The number of nitrogens with one attached hydrogen (secondary N) is 1. The van der Waals surface area contributed by atoms with Crippen LogP contribution < -0.4 is 5.32 Å². The van der Waals surface area contributed by atoms with Crippen LogP contribution in [-0.2, 0) is 11.8 Å². The summed E-state index contributed by atoms with van der Waals surface area (Å²) in [6.07, 6.45) is 7.42. The minimum absolute atomic E-state index is 0.00296. The monoisotopic (exact) mass is 499 g/mol. The molecule has 1 N–H and O–H groups in total. The molecule has 38 heavy (non-hydrogen) atoms. The van der Waals surface area contributed by atoms with Gasteiger partial charge in [0.15, 0.2) is 0 Å². The first-order valence-corrected chi connectivity index (χ1v) is 14.0. The topological polar surface area (TPSA) is 63.1 Å². The number of hydrogen-bond acceptors (Lipinski definition) is 4. The summed E-state index contributed by atoms with van der Waals surface area (Å²) in [7, 11) is 23.4. The quantitative estimate of drug-likeness (QED) is 0.332. The van der Waals surface area contributed by atoms with Gasteiger partial charge in [0.2, 0.25) is 5.91 Å². The van der Waals surface area contributed by atoms with E-state index in [0.717, 1.165) is 47.8 Å². The van der Waals surface area contributed by atoms with Crippen LogP contribution in [0.1, 0.15) is 12.8 Å². The molecule has 3 aromatic rings. The van der Waals surface area contributed by atoms with Crippen LogP contribution in [0.4, 0.5) is 5.82 Å². The third-order valence-electron chi connectivity index (χ3n) is 9.89. The number of carbonyl (C=O) groups is 1. The van der Waals surface area contributed by atoms with Crippen LogP contribution in [0.2, 0.25) is 15.5 Å². The highest BCUT2D eigenvalue weighted by molar-refractivity contribution is 6.71. The lowest BCUT2D eigenvalue weighted by molar-refractivity contribution is -0.121. The molecule has 1 aliphatic rings. The Kier molecular flexibility index (Phi) is 7.68. The number of nitrogens with zero attached hydrogens (tertiary/aromatic N) is 4. The van der Waals surface area contributed by atoms with Gasteiger partial charge in [-0.15, -0.1) is 10.2 Å². The van der Waals surface area contributed by atoms with Gasteiger partial charge in [-0.05, 0) is 54.4 Å². The molecule has 15 heteroatoms. The summed E-state index contributed by atoms with van der Waals surface area (Å²) in [5, 5.41) is 9.80. The molecule has 1 fully saturated rings. The lowest BCUT2D eigenvalue weighted by atomic mass is 9.09. The summed E-state index contributed by atoms with van der Waals surface area (Å²) in [6.45, 7) is 1.85. The number of benzene rings is 1. The van der Waals surface area contributed by atoms with Crippen LogP contribution in [0.25, 0.3) is 21.9 Å². The van der Waals surface area contributed by atoms with E-state index < -0.39 is 0 Å². The highest BCUT2D eigenvalue weighted by Gasteiger charge is 2.56. The zero-order chi connectivity index (χ0) is 28.1. The molecule has 0 radical (unpaired) electrons. The maximum absolute atomic E-state index is 13.3. The van der Waals surface area contributed by atoms with Crippen molar-refractivity contribution in [3.05, 3.63) is 42.9 Å². The SMILES string of the molecule is BC(B)(B)C(B)(C(B)(B)B)C(B)(B)N1CCC(C(=O)Nc2cc3cc(-c4cnn(C)c4)ccc3cn2)CC1. The van der Waals surface area contributed by atoms with Gasteiger partial charge in [0.05, 0.1) is 53.3 Å². The smallest absolute Gasteiger partial charge is 0.228 e. The minimum atomic E-state index is -0.0170. The third kappa shape index (κ3) is 5.20. The molecule has 0 bridgehead atoms. The van der Waals surface area contributed by atoms with E-state index in [1.165, 1.54) is 0 Å². The molecule has 6 nitrogen and oxygen atoms in total. The summed E-state index contributed by atoms with van der Waals surface area (Å²) >= 11 is 0. The summed E-state index contributed by atoms with van der Waals surface area (Å²) in [6, 6.07) is 8.25. The number of likely N-dealkylation sites (tertiary alicyclic amines) is 1. The number of piperidine rings is 1. The molecule has 188 valence electrons. The van der Waals surface area contributed by atoms with Crippen molar-refractivity contribution >= 4 is 93.1 Å². The van der Waals surface area contributed by atoms with Gasteiger partial charge in [0, 0.05) is 36.3 Å². The van der Waals surface area contributed by atoms with Crippen LogP contribution >= 0.6 is 0 Å². The third-order valence-corrected chi connectivity index (χ3v) is 9.89. The Bertz CT molecular complexity index is 1310. The fraction of sp³-hybridized carbons (Fsp3) is 0.435. The first-order valence-electron chi connectivity index (χ1n) is 14.0. The van der Waals surface area contributed by atoms with Crippen molar-refractivity contribution in [2.45, 2.75) is 33.7 Å². The summed E-state index contributed by atoms with van der Waals surface area (Å²) < 4.78 is 1.80. The predicted molar refractivity (Wildman–Crippen MR) is 185 cm³/mol. The van der Waals surface area contributed by atoms with Crippen molar-refractivity contribution in [3.63, 3.8) is 0 Å². The maximum Gasteiger partial charge on any atom is 0.228 e. The lowest BCUT2D eigenvalue weighted by Crippen LogP contribution is -2.67. The van der Waals surface area contributed by atoms with E-state index >= 15 is 0 Å². The van der Waals surface area contributed by atoms with E-state index in [4.69, 9.17) is 0 Å². The number of hydrogen-bond donors (Lipinski definition) is 1. The number of aromatic nitrogens is 3. The Morgan fingerprint density at radius 2 is 1.53 bits per heavy atom. The summed E-state index contributed by atoms with van der Waals surface area (Å²) in [4.78, 5) is 20.4. The van der Waals surface area contributed by atoms with Gasteiger partial charge < -0.3 is 10.2 Å². The van der Waals surface area contributed by atoms with E-state index in [0.29, 0.717) is 5.82 Å². The normalized spacial score (nSPS) is 16.4. The number of pyridine rings is 1. The van der Waals surface area contributed by atoms with Crippen LogP contribution in [0.3, 0.4) is 0 Å². The molecular formula is C23H38B9N5O. The van der Waals surface area contributed by atoms with Gasteiger partial charge in [-0.2, -0.15) is 5.10 Å². The van der Waals surface area contributed by atoms with Gasteiger partial charge in [0.1, 0.15) is 29.4 Å². The number of amides is 1. The standard InChI is InChI=1S/C23H38B9N5O/c1-36-12-17(11-34-36)14-2-3-15-10-33-18(9-16(15)8-14)35-19(38)13-4-6-37(7-5-13)23(31,32)20(24,21(25,26)27)22(28,29)30/h2-3,8-13H,4-7,24-32H2,1H3,(H,33,35,38). The second-order valence-electron chi connectivity index (χ2n) is 14.0. The predicted octanol–water partition coefficient (Wildman–Crippen LogP) is -5.06. The molecular weight excluding hydrogens is 460 g/mol. The van der Waals surface area contributed by atoms with E-state index in [1.807, 2.05) is 31.7 Å². The molecule has 2 aromatic heterocycles. The molecule has 0 saturated carbocycles. The fourth-order valence-corrected chi connectivity index (χ4v) is 7.16. The molecule has 1 aliphatic heterocycles. The second kappa shape index (κ2) is 10.1. The van der Waals surface area contributed by atoms with Crippen LogP contribution in [0.5, 0.6) is 0 Å². The van der Waals surface area contributed by atoms with Gasteiger partial charge in [-0.3, -0.25) is 9.48 Å². The Morgan fingerprint density at radius 1 is 0.895 bits per heavy atom. The molecule has 1 amide bonds. The average Bonchev–Trinajstić information content (AvgIpc) is 3.28. The van der Waals surface area contributed by atoms with Crippen molar-refractivity contribution in [2.75, 3.05) is 18.4 Å². The van der Waals surface area contributed by atoms with Crippen molar-refractivity contribution < 1.29 is 4.79 Å². The first-order chi connectivity index (χ1) is 17.5. The highest BCUT2D eigenvalue weighted by atomic mass is 16.1. The van der Waals surface area contributed by atoms with Crippen LogP contribution in [0.15, 0.2) is 42.9 Å². The Hall–Kier alpha value is -2.15. The van der Waals surface area contributed by atoms with Crippen molar-refractivity contribution in [1.29, 1.82) is 0 Å². The maximum atomic E-state index is 13.3. The molecule has 0 aliphatic carbocycles. The number of rotatable bonds is 7. The number of anilines is 1. The van der Waals surface area contributed by atoms with Crippen molar-refractivity contribution in [3.8, 4) is 11.1 Å². The Balaban J connectivity index is 1.45. The largest absolute Gasteiger partial charge is 0.313 e. The molecule has 4 rings (SSSR count). The first kappa shape index (κ1) is 28.9. The zero-order valence-corrected chi connectivity index (χ0v) is 25.1. The average molecular weight is 498 g/mol. The Labute approximate surface area is 236 Å². The molecule has 1 aromatic carbocycles. The lowest BCUT2D eigenvalue weighted by Gasteiger charge is -2.66. The molecule has 1 saturated heterocycles. The fourth-order valence-electron chi connectivity index (χ4n) is 7.16. The van der Waals surface area contributed by atoms with Crippen LogP contribution in [0, 0.1) is 5.92 Å². The molecule has 0 atom stereocenters. The van der Waals surface area contributed by atoms with E-state index in [-0.39, 0.29) is 32.7 Å². The van der Waals surface area contributed by atoms with Gasteiger partial charge in [-0.25, -0.2) is 4.98 Å². The van der Waals surface area contributed by atoms with Gasteiger partial charge in [-0.1, -0.05) is 17.4 Å². The molecule has 0 unspecified atom stereocenters. The van der Waals surface area contributed by atoms with Gasteiger partial charge in [0.25, 0.3) is 0 Å². The highest BCUT2D eigenvalue weighted by Crippen LogP contribution is 2.61. The van der Waals surface area contributed by atoms with E-state index in [2.05, 4.69) is 109 Å². The number of carbonyl (C=O) groups excluding carboxylic acids is 1. The van der Waals surface area contributed by atoms with Gasteiger partial charge >= 0.3 is 0 Å². The van der Waals surface area contributed by atoms with Crippen molar-refractivity contribution in [2.24, 2.45) is 13.0 Å². The second-order valence-corrected chi connectivity index (χ2v) is 14.0. The van der Waals surface area contributed by atoms with Crippen molar-refractivity contribution in [1.82, 2.24) is 19.7 Å². The van der Waals surface area contributed by atoms with E-state index in [1.54, 1.807) is 4.68 Å². The van der Waals surface area contributed by atoms with E-state index in [9.17, 15) is 4.79 Å². The molecule has 3 heterocycles. The van der Waals surface area contributed by atoms with Crippen LogP contribution in [-0.4, -0.2) is 115 Å². The number of fused-ring (bicyclic) bond motifs is 1. The number of aryl methyl sites for hydroxylation is 1. The molecule has 0 spiro atoms. The Morgan fingerprint density at radius 3 is 2.08 bits per heavy atom.